The highest BCUT2D eigenvalue weighted by Gasteiger charge is 2.17. The van der Waals surface area contributed by atoms with Gasteiger partial charge in [0, 0.05) is 23.1 Å². The van der Waals surface area contributed by atoms with Crippen LogP contribution < -0.4 is 11.0 Å². The van der Waals surface area contributed by atoms with Gasteiger partial charge in [0.05, 0.1) is 27.4 Å². The lowest BCUT2D eigenvalue weighted by Crippen LogP contribution is -2.20. The van der Waals surface area contributed by atoms with E-state index in [2.05, 4.69) is 20.6 Å². The van der Waals surface area contributed by atoms with Crippen LogP contribution in [0.3, 0.4) is 0 Å². The molecule has 138 valence electrons. The lowest BCUT2D eigenvalue weighted by Gasteiger charge is -2.07. The van der Waals surface area contributed by atoms with Crippen LogP contribution in [0.25, 0.3) is 5.69 Å². The fourth-order valence-electron chi connectivity index (χ4n) is 2.33. The summed E-state index contributed by atoms with van der Waals surface area (Å²) in [5.41, 5.74) is 3.28. The van der Waals surface area contributed by atoms with E-state index in [-0.39, 0.29) is 21.3 Å². The monoisotopic (exact) mass is 423 g/mol. The van der Waals surface area contributed by atoms with Gasteiger partial charge in [0.15, 0.2) is 0 Å². The number of halogens is 3. The minimum absolute atomic E-state index is 0.212. The van der Waals surface area contributed by atoms with Crippen molar-refractivity contribution >= 4 is 46.9 Å². The molecule has 0 saturated carbocycles. The van der Waals surface area contributed by atoms with E-state index in [1.54, 1.807) is 25.3 Å². The number of carbonyl (C=O) groups is 1. The van der Waals surface area contributed by atoms with Gasteiger partial charge in [-0.1, -0.05) is 34.8 Å². The lowest BCUT2D eigenvalue weighted by molar-refractivity contribution is 0.0955. The molecule has 0 spiro atoms. The number of pyridine rings is 1. The maximum atomic E-state index is 12.7. The van der Waals surface area contributed by atoms with Crippen LogP contribution in [0.4, 0.5) is 0 Å². The maximum absolute atomic E-state index is 12.7. The number of nitrogens with one attached hydrogen (secondary N) is 2. The number of aromatic amines is 1. The summed E-state index contributed by atoms with van der Waals surface area (Å²) in [5.74, 6) is -0.448. The number of benzene rings is 1. The highest BCUT2D eigenvalue weighted by atomic mass is 35.5. The molecule has 3 aromatic rings. The number of aromatic nitrogens is 3. The van der Waals surface area contributed by atoms with Crippen molar-refractivity contribution in [3.8, 4) is 5.69 Å². The molecule has 7 nitrogen and oxygen atoms in total. The zero-order valence-electron chi connectivity index (χ0n) is 13.8. The number of hydrogen-bond donors (Lipinski definition) is 2. The van der Waals surface area contributed by atoms with Crippen molar-refractivity contribution in [2.24, 2.45) is 5.10 Å². The second-order valence-electron chi connectivity index (χ2n) is 5.45. The molecule has 0 saturated heterocycles. The summed E-state index contributed by atoms with van der Waals surface area (Å²) in [5, 5.41) is 7.49. The Morgan fingerprint density at radius 2 is 2.00 bits per heavy atom. The quantitative estimate of drug-likeness (QED) is 0.495. The number of rotatable bonds is 4. The Balaban J connectivity index is 1.89. The Kier molecular flexibility index (Phi) is 5.65. The number of carbonyl (C=O) groups excluding carboxylic acids is 1. The van der Waals surface area contributed by atoms with Crippen molar-refractivity contribution in [3.63, 3.8) is 0 Å². The van der Waals surface area contributed by atoms with Crippen LogP contribution in [0.5, 0.6) is 0 Å². The Labute approximate surface area is 168 Å². The molecule has 10 heteroatoms. The molecule has 2 N–H and O–H groups in total. The first kappa shape index (κ1) is 19.2. The van der Waals surface area contributed by atoms with Gasteiger partial charge in [0.2, 0.25) is 0 Å². The molecule has 0 bridgehead atoms. The third-order valence-electron chi connectivity index (χ3n) is 3.61. The molecule has 0 fully saturated rings. The average molecular weight is 425 g/mol. The summed E-state index contributed by atoms with van der Waals surface area (Å²) in [7, 11) is 0. The molecule has 0 radical (unpaired) electrons. The Morgan fingerprint density at radius 3 is 2.63 bits per heavy atom. The number of amides is 1. The van der Waals surface area contributed by atoms with Gasteiger partial charge in [-0.2, -0.15) is 5.10 Å². The first-order chi connectivity index (χ1) is 12.9. The number of hydrazone groups is 1. The summed E-state index contributed by atoms with van der Waals surface area (Å²) in [6, 6.07) is 6.19. The minimum Gasteiger partial charge on any atom is -0.295 e. The summed E-state index contributed by atoms with van der Waals surface area (Å²) in [6.45, 7) is 1.68. The van der Waals surface area contributed by atoms with Gasteiger partial charge in [-0.05, 0) is 31.2 Å². The van der Waals surface area contributed by atoms with Crippen molar-refractivity contribution in [3.05, 3.63) is 78.9 Å². The van der Waals surface area contributed by atoms with Crippen molar-refractivity contribution in [1.29, 1.82) is 0 Å². The molecule has 0 atom stereocenters. The molecular formula is C17H12Cl3N5O2. The number of H-pyrrole nitrogens is 1. The summed E-state index contributed by atoms with van der Waals surface area (Å²) in [6.07, 6.45) is 4.21. The van der Waals surface area contributed by atoms with Gasteiger partial charge in [-0.25, -0.2) is 10.1 Å². The number of aryl methyl sites for hydroxylation is 1. The van der Waals surface area contributed by atoms with Crippen molar-refractivity contribution < 1.29 is 4.79 Å². The van der Waals surface area contributed by atoms with Gasteiger partial charge in [0.25, 0.3) is 11.5 Å². The van der Waals surface area contributed by atoms with E-state index in [0.29, 0.717) is 16.3 Å². The van der Waals surface area contributed by atoms with E-state index in [4.69, 9.17) is 34.8 Å². The van der Waals surface area contributed by atoms with Crippen LogP contribution in [-0.4, -0.2) is 26.9 Å². The van der Waals surface area contributed by atoms with E-state index in [0.717, 1.165) is 0 Å². The third-order valence-corrected chi connectivity index (χ3v) is 4.40. The van der Waals surface area contributed by atoms with E-state index < -0.39 is 11.5 Å². The van der Waals surface area contributed by atoms with Crippen LogP contribution in [0.2, 0.25) is 15.1 Å². The minimum atomic E-state index is -0.448. The molecule has 2 heterocycles. The maximum Gasteiger partial charge on any atom is 0.280 e. The molecule has 0 aliphatic rings. The molecule has 27 heavy (non-hydrogen) atoms. The fraction of sp³-hybridized carbons (Fsp3) is 0.0588. The van der Waals surface area contributed by atoms with Crippen molar-refractivity contribution in [2.45, 2.75) is 6.92 Å². The summed E-state index contributed by atoms with van der Waals surface area (Å²) in [4.78, 5) is 28.5. The molecule has 0 unspecified atom stereocenters. The second-order valence-corrected chi connectivity index (χ2v) is 6.70. The van der Waals surface area contributed by atoms with E-state index >= 15 is 0 Å². The predicted molar refractivity (Wildman–Crippen MR) is 105 cm³/mol. The largest absolute Gasteiger partial charge is 0.295 e. The lowest BCUT2D eigenvalue weighted by atomic mass is 10.3. The Bertz CT molecular complexity index is 1070. The van der Waals surface area contributed by atoms with Crippen LogP contribution in [0, 0.1) is 6.92 Å². The SMILES string of the molecule is Cc1[nH]n(-c2c(Cl)cc(Cl)cc2Cl)c(=O)c1/C=N/NC(=O)c1cccnc1. The molecule has 0 aliphatic heterocycles. The molecule has 1 amide bonds. The second kappa shape index (κ2) is 7.96. The van der Waals surface area contributed by atoms with Crippen molar-refractivity contribution in [1.82, 2.24) is 20.2 Å². The van der Waals surface area contributed by atoms with Gasteiger partial charge < -0.3 is 0 Å². The smallest absolute Gasteiger partial charge is 0.280 e. The van der Waals surface area contributed by atoms with E-state index in [1.807, 2.05) is 0 Å². The first-order valence-corrected chi connectivity index (χ1v) is 8.72. The summed E-state index contributed by atoms with van der Waals surface area (Å²) < 4.78 is 1.20. The van der Waals surface area contributed by atoms with Gasteiger partial charge in [-0.15, -0.1) is 0 Å². The average Bonchev–Trinajstić information content (AvgIpc) is 2.89. The third kappa shape index (κ3) is 4.05. The fourth-order valence-corrected chi connectivity index (χ4v) is 3.32. The van der Waals surface area contributed by atoms with Gasteiger partial charge in [-0.3, -0.25) is 19.7 Å². The van der Waals surface area contributed by atoms with Crippen molar-refractivity contribution in [2.75, 3.05) is 0 Å². The molecular weight excluding hydrogens is 413 g/mol. The van der Waals surface area contributed by atoms with Crippen LogP contribution in [0.1, 0.15) is 21.6 Å². The van der Waals surface area contributed by atoms with Crippen LogP contribution in [0.15, 0.2) is 46.6 Å². The van der Waals surface area contributed by atoms with Gasteiger partial charge >= 0.3 is 0 Å². The topological polar surface area (TPSA) is 92.1 Å². The zero-order chi connectivity index (χ0) is 19.6. The molecule has 2 aromatic heterocycles. The highest BCUT2D eigenvalue weighted by Crippen LogP contribution is 2.31. The van der Waals surface area contributed by atoms with Crippen LogP contribution >= 0.6 is 34.8 Å². The highest BCUT2D eigenvalue weighted by molar-refractivity contribution is 6.40. The summed E-state index contributed by atoms with van der Waals surface area (Å²) >= 11 is 18.2. The predicted octanol–water partition coefficient (Wildman–Crippen LogP) is 3.59. The number of hydrogen-bond acceptors (Lipinski definition) is 4. The molecule has 3 rings (SSSR count). The normalized spacial score (nSPS) is 11.1. The van der Waals surface area contributed by atoms with Gasteiger partial charge in [0.1, 0.15) is 5.69 Å². The molecule has 1 aromatic carbocycles. The first-order valence-electron chi connectivity index (χ1n) is 7.58. The Morgan fingerprint density at radius 1 is 1.30 bits per heavy atom. The zero-order valence-corrected chi connectivity index (χ0v) is 16.1. The van der Waals surface area contributed by atoms with Crippen LogP contribution in [-0.2, 0) is 0 Å². The number of nitrogens with zero attached hydrogens (tertiary/aromatic N) is 3. The van der Waals surface area contributed by atoms with E-state index in [9.17, 15) is 9.59 Å². The Hall–Kier alpha value is -2.61. The molecule has 0 aliphatic carbocycles. The van der Waals surface area contributed by atoms with E-state index in [1.165, 1.54) is 29.2 Å². The standard InChI is InChI=1S/C17H12Cl3N5O2/c1-9-12(8-22-23-16(26)10-3-2-4-21-7-10)17(27)25(24-9)15-13(19)5-11(18)6-14(15)20/h2-8,24H,1H3,(H,23,26)/b22-8+.